The first kappa shape index (κ1) is 18.4. The van der Waals surface area contributed by atoms with Gasteiger partial charge < -0.3 is 10.6 Å². The average Bonchev–Trinajstić information content (AvgIpc) is 2.69. The van der Waals surface area contributed by atoms with Gasteiger partial charge in [0.05, 0.1) is 12.5 Å². The molecule has 4 nitrogen and oxygen atoms in total. The number of benzene rings is 3. The van der Waals surface area contributed by atoms with Crippen LogP contribution in [0.2, 0.25) is 0 Å². The first-order valence-electron chi connectivity index (χ1n) is 8.87. The van der Waals surface area contributed by atoms with E-state index < -0.39 is 0 Å². The van der Waals surface area contributed by atoms with E-state index in [1.165, 1.54) is 6.92 Å². The molecule has 0 radical (unpaired) electrons. The van der Waals surface area contributed by atoms with Crippen molar-refractivity contribution in [1.82, 2.24) is 5.32 Å². The van der Waals surface area contributed by atoms with Gasteiger partial charge in [-0.2, -0.15) is 0 Å². The van der Waals surface area contributed by atoms with Crippen molar-refractivity contribution in [3.63, 3.8) is 0 Å². The topological polar surface area (TPSA) is 58.2 Å². The third-order valence-electron chi connectivity index (χ3n) is 4.21. The van der Waals surface area contributed by atoms with Crippen LogP contribution in [0.5, 0.6) is 0 Å². The molecule has 0 bridgehead atoms. The molecule has 0 aromatic heterocycles. The van der Waals surface area contributed by atoms with Crippen LogP contribution < -0.4 is 10.6 Å². The van der Waals surface area contributed by atoms with E-state index in [1.54, 1.807) is 12.1 Å². The normalized spacial score (nSPS) is 10.4. The maximum atomic E-state index is 12.7. The second-order valence-corrected chi connectivity index (χ2v) is 6.38. The van der Waals surface area contributed by atoms with Crippen LogP contribution in [0, 0.1) is 0 Å². The SMILES string of the molecule is CC(=O)Nc1ccc(CC(=O)NC(c2ccccc2)c2ccccc2)cc1. The van der Waals surface area contributed by atoms with E-state index in [-0.39, 0.29) is 24.3 Å². The van der Waals surface area contributed by atoms with Crippen molar-refractivity contribution in [3.05, 3.63) is 102 Å². The summed E-state index contributed by atoms with van der Waals surface area (Å²) in [6.45, 7) is 1.47. The molecular formula is C23H22N2O2. The lowest BCUT2D eigenvalue weighted by Crippen LogP contribution is -2.30. The second kappa shape index (κ2) is 8.81. The molecule has 4 heteroatoms. The fourth-order valence-electron chi connectivity index (χ4n) is 2.96. The number of nitrogens with one attached hydrogen (secondary N) is 2. The van der Waals surface area contributed by atoms with Gasteiger partial charge in [-0.3, -0.25) is 9.59 Å². The molecule has 2 amide bonds. The fourth-order valence-corrected chi connectivity index (χ4v) is 2.96. The zero-order valence-corrected chi connectivity index (χ0v) is 15.2. The summed E-state index contributed by atoms with van der Waals surface area (Å²) >= 11 is 0. The Morgan fingerprint density at radius 2 is 1.30 bits per heavy atom. The number of carbonyl (C=O) groups excluding carboxylic acids is 2. The molecule has 3 aromatic rings. The van der Waals surface area contributed by atoms with Crippen LogP contribution in [0.1, 0.15) is 29.7 Å². The van der Waals surface area contributed by atoms with Crippen molar-refractivity contribution in [2.75, 3.05) is 5.32 Å². The highest BCUT2D eigenvalue weighted by Crippen LogP contribution is 2.22. The van der Waals surface area contributed by atoms with Crippen LogP contribution in [0.25, 0.3) is 0 Å². The van der Waals surface area contributed by atoms with Crippen LogP contribution in [0.4, 0.5) is 5.69 Å². The van der Waals surface area contributed by atoms with Gasteiger partial charge in [0, 0.05) is 12.6 Å². The summed E-state index contributed by atoms with van der Waals surface area (Å²) in [4.78, 5) is 23.7. The van der Waals surface area contributed by atoms with Crippen molar-refractivity contribution < 1.29 is 9.59 Å². The molecule has 0 aliphatic rings. The van der Waals surface area contributed by atoms with Gasteiger partial charge in [0.1, 0.15) is 0 Å². The molecule has 2 N–H and O–H groups in total. The number of hydrogen-bond donors (Lipinski definition) is 2. The van der Waals surface area contributed by atoms with Crippen LogP contribution in [0.15, 0.2) is 84.9 Å². The zero-order chi connectivity index (χ0) is 19.1. The van der Waals surface area contributed by atoms with Gasteiger partial charge in [-0.05, 0) is 28.8 Å². The van der Waals surface area contributed by atoms with E-state index >= 15 is 0 Å². The largest absolute Gasteiger partial charge is 0.345 e. The Balaban J connectivity index is 1.72. The minimum absolute atomic E-state index is 0.0556. The minimum Gasteiger partial charge on any atom is -0.345 e. The predicted octanol–water partition coefficient (Wildman–Crippen LogP) is 4.09. The number of amides is 2. The molecule has 0 aliphatic heterocycles. The Kier molecular flexibility index (Phi) is 6.00. The number of rotatable bonds is 6. The first-order chi connectivity index (χ1) is 13.1. The molecular weight excluding hydrogens is 336 g/mol. The van der Waals surface area contributed by atoms with Gasteiger partial charge in [0.15, 0.2) is 0 Å². The third kappa shape index (κ3) is 5.28. The lowest BCUT2D eigenvalue weighted by molar-refractivity contribution is -0.121. The van der Waals surface area contributed by atoms with Gasteiger partial charge in [0.25, 0.3) is 0 Å². The monoisotopic (exact) mass is 358 g/mol. The summed E-state index contributed by atoms with van der Waals surface area (Å²) in [6.07, 6.45) is 0.274. The van der Waals surface area contributed by atoms with Gasteiger partial charge >= 0.3 is 0 Å². The summed E-state index contributed by atoms with van der Waals surface area (Å²) in [5, 5.41) is 5.86. The van der Waals surface area contributed by atoms with Gasteiger partial charge in [-0.1, -0.05) is 72.8 Å². The highest BCUT2D eigenvalue weighted by Gasteiger charge is 2.16. The van der Waals surface area contributed by atoms with Crippen molar-refractivity contribution in [2.45, 2.75) is 19.4 Å². The Morgan fingerprint density at radius 3 is 1.78 bits per heavy atom. The third-order valence-corrected chi connectivity index (χ3v) is 4.21. The Hall–Kier alpha value is -3.40. The van der Waals surface area contributed by atoms with E-state index in [9.17, 15) is 9.59 Å². The zero-order valence-electron chi connectivity index (χ0n) is 15.2. The highest BCUT2D eigenvalue weighted by atomic mass is 16.2. The van der Waals surface area contributed by atoms with Crippen molar-refractivity contribution in [1.29, 1.82) is 0 Å². The molecule has 0 heterocycles. The maximum Gasteiger partial charge on any atom is 0.225 e. The second-order valence-electron chi connectivity index (χ2n) is 6.38. The smallest absolute Gasteiger partial charge is 0.225 e. The lowest BCUT2D eigenvalue weighted by atomic mass is 9.98. The van der Waals surface area contributed by atoms with E-state index in [1.807, 2.05) is 72.8 Å². The van der Waals surface area contributed by atoms with E-state index in [0.29, 0.717) is 0 Å². The van der Waals surface area contributed by atoms with Gasteiger partial charge in [-0.25, -0.2) is 0 Å². The average molecular weight is 358 g/mol. The van der Waals surface area contributed by atoms with Crippen LogP contribution in [-0.4, -0.2) is 11.8 Å². The summed E-state index contributed by atoms with van der Waals surface area (Å²) in [5.74, 6) is -0.172. The van der Waals surface area contributed by atoms with E-state index in [4.69, 9.17) is 0 Å². The quantitative estimate of drug-likeness (QED) is 0.697. The summed E-state index contributed by atoms with van der Waals surface area (Å²) in [6, 6.07) is 27.0. The van der Waals surface area contributed by atoms with Crippen molar-refractivity contribution in [2.24, 2.45) is 0 Å². The Labute approximate surface area is 159 Å². The fraction of sp³-hybridized carbons (Fsp3) is 0.130. The number of anilines is 1. The van der Waals surface area contributed by atoms with Gasteiger partial charge in [0.2, 0.25) is 11.8 Å². The number of carbonyl (C=O) groups is 2. The summed E-state index contributed by atoms with van der Waals surface area (Å²) < 4.78 is 0. The lowest BCUT2D eigenvalue weighted by Gasteiger charge is -2.20. The minimum atomic E-state index is -0.196. The summed E-state index contributed by atoms with van der Waals surface area (Å²) in [5.41, 5.74) is 3.69. The van der Waals surface area contributed by atoms with Gasteiger partial charge in [-0.15, -0.1) is 0 Å². The summed E-state index contributed by atoms with van der Waals surface area (Å²) in [7, 11) is 0. The molecule has 0 unspecified atom stereocenters. The number of hydrogen-bond acceptors (Lipinski definition) is 2. The molecule has 0 aliphatic carbocycles. The van der Waals surface area contributed by atoms with E-state index in [0.717, 1.165) is 22.4 Å². The van der Waals surface area contributed by atoms with Crippen molar-refractivity contribution in [3.8, 4) is 0 Å². The first-order valence-corrected chi connectivity index (χ1v) is 8.87. The van der Waals surface area contributed by atoms with Crippen LogP contribution in [0.3, 0.4) is 0 Å². The molecule has 3 rings (SSSR count). The maximum absolute atomic E-state index is 12.7. The Morgan fingerprint density at radius 1 is 0.778 bits per heavy atom. The predicted molar refractivity (Wildman–Crippen MR) is 107 cm³/mol. The molecule has 0 atom stereocenters. The molecule has 27 heavy (non-hydrogen) atoms. The van der Waals surface area contributed by atoms with Crippen molar-refractivity contribution >= 4 is 17.5 Å². The standard InChI is InChI=1S/C23H22N2O2/c1-17(26)24-21-14-12-18(13-15-21)16-22(27)25-23(19-8-4-2-5-9-19)20-10-6-3-7-11-20/h2-15,23H,16H2,1H3,(H,24,26)(H,25,27). The molecule has 3 aromatic carbocycles. The van der Waals surface area contributed by atoms with Crippen LogP contribution in [-0.2, 0) is 16.0 Å². The molecule has 0 spiro atoms. The Bertz CT molecular complexity index is 851. The molecule has 136 valence electrons. The van der Waals surface area contributed by atoms with Crippen LogP contribution >= 0.6 is 0 Å². The molecule has 0 saturated carbocycles. The molecule has 0 saturated heterocycles. The molecule has 0 fully saturated rings. The highest BCUT2D eigenvalue weighted by molar-refractivity contribution is 5.88. The van der Waals surface area contributed by atoms with E-state index in [2.05, 4.69) is 10.6 Å².